The summed E-state index contributed by atoms with van der Waals surface area (Å²) in [6.07, 6.45) is 5.89. The molecule has 1 heterocycles. The van der Waals surface area contributed by atoms with Crippen LogP contribution >= 0.6 is 0 Å². The molecule has 1 saturated carbocycles. The molecule has 1 N–H and O–H groups in total. The zero-order valence-corrected chi connectivity index (χ0v) is 15.9. The van der Waals surface area contributed by atoms with Crippen LogP contribution in [0.5, 0.6) is 5.75 Å². The molecule has 1 aromatic rings. The molecule has 1 fully saturated rings. The Bertz CT molecular complexity index is 602. The van der Waals surface area contributed by atoms with Gasteiger partial charge in [0.25, 0.3) is 0 Å². The fourth-order valence-corrected chi connectivity index (χ4v) is 4.14. The summed E-state index contributed by atoms with van der Waals surface area (Å²) in [6, 6.07) is 6.63. The van der Waals surface area contributed by atoms with Crippen molar-refractivity contribution in [1.29, 1.82) is 0 Å². The number of carbonyl (C=O) groups is 1. The molecule has 0 unspecified atom stereocenters. The van der Waals surface area contributed by atoms with Gasteiger partial charge in [-0.3, -0.25) is 9.69 Å². The molecule has 4 heteroatoms. The average Bonchev–Trinajstić information content (AvgIpc) is 2.62. The molecule has 4 nitrogen and oxygen atoms in total. The summed E-state index contributed by atoms with van der Waals surface area (Å²) in [5, 5.41) is 3.32. The maximum absolute atomic E-state index is 12.8. The van der Waals surface area contributed by atoms with Crippen molar-refractivity contribution in [3.63, 3.8) is 0 Å². The van der Waals surface area contributed by atoms with E-state index < -0.39 is 0 Å². The first-order valence-corrected chi connectivity index (χ1v) is 9.87. The molecule has 1 aliphatic carbocycles. The first-order valence-electron chi connectivity index (χ1n) is 9.87. The fourth-order valence-electron chi connectivity index (χ4n) is 4.14. The van der Waals surface area contributed by atoms with Crippen molar-refractivity contribution < 1.29 is 9.53 Å². The van der Waals surface area contributed by atoms with Crippen molar-refractivity contribution in [2.75, 3.05) is 13.2 Å². The van der Waals surface area contributed by atoms with E-state index in [1.54, 1.807) is 0 Å². The van der Waals surface area contributed by atoms with Crippen LogP contribution in [0.15, 0.2) is 18.2 Å². The third kappa shape index (κ3) is 4.35. The molecule has 3 atom stereocenters. The summed E-state index contributed by atoms with van der Waals surface area (Å²) < 4.78 is 5.63. The van der Waals surface area contributed by atoms with E-state index in [-0.39, 0.29) is 11.9 Å². The van der Waals surface area contributed by atoms with Gasteiger partial charge in [0.05, 0.1) is 12.6 Å². The number of carbonyl (C=O) groups excluding carboxylic acids is 1. The van der Waals surface area contributed by atoms with Gasteiger partial charge in [-0.15, -0.1) is 0 Å². The Morgan fingerprint density at radius 3 is 2.88 bits per heavy atom. The van der Waals surface area contributed by atoms with E-state index in [1.165, 1.54) is 30.4 Å². The van der Waals surface area contributed by atoms with Gasteiger partial charge in [-0.2, -0.15) is 0 Å². The number of hydrogen-bond acceptors (Lipinski definition) is 3. The van der Waals surface area contributed by atoms with Gasteiger partial charge >= 0.3 is 0 Å². The molecule has 0 saturated heterocycles. The van der Waals surface area contributed by atoms with Gasteiger partial charge in [0.1, 0.15) is 5.75 Å². The Kier molecular flexibility index (Phi) is 6.00. The molecule has 1 aliphatic heterocycles. The highest BCUT2D eigenvalue weighted by molar-refractivity contribution is 5.81. The second-order valence-electron chi connectivity index (χ2n) is 7.64. The maximum Gasteiger partial charge on any atom is 0.237 e. The normalized spacial score (nSPS) is 25.1. The van der Waals surface area contributed by atoms with Gasteiger partial charge in [-0.1, -0.05) is 25.8 Å². The van der Waals surface area contributed by atoms with Crippen molar-refractivity contribution in [2.24, 2.45) is 5.92 Å². The van der Waals surface area contributed by atoms with Crippen molar-refractivity contribution >= 4 is 5.91 Å². The summed E-state index contributed by atoms with van der Waals surface area (Å²) in [5.74, 6) is 1.71. The second-order valence-corrected chi connectivity index (χ2v) is 7.64. The predicted octanol–water partition coefficient (Wildman–Crippen LogP) is 3.53. The quantitative estimate of drug-likeness (QED) is 0.888. The molecule has 1 aromatic carbocycles. The molecule has 1 amide bonds. The Balaban J connectivity index is 1.62. The lowest BCUT2D eigenvalue weighted by Gasteiger charge is -2.35. The average molecular weight is 344 g/mol. The molecule has 0 bridgehead atoms. The van der Waals surface area contributed by atoms with Gasteiger partial charge in [-0.05, 0) is 62.3 Å². The first kappa shape index (κ1) is 18.2. The van der Waals surface area contributed by atoms with Crippen molar-refractivity contribution in [3.8, 4) is 5.75 Å². The molecule has 2 aliphatic rings. The third-order valence-corrected chi connectivity index (χ3v) is 5.90. The van der Waals surface area contributed by atoms with Gasteiger partial charge in [0.15, 0.2) is 0 Å². The van der Waals surface area contributed by atoms with Crippen LogP contribution in [-0.2, 0) is 17.8 Å². The van der Waals surface area contributed by atoms with E-state index in [4.69, 9.17) is 4.74 Å². The van der Waals surface area contributed by atoms with Crippen LogP contribution in [-0.4, -0.2) is 36.0 Å². The van der Waals surface area contributed by atoms with E-state index in [1.807, 2.05) is 13.8 Å². The molecule has 0 radical (unpaired) electrons. The fraction of sp³-hybridized carbons (Fsp3) is 0.667. The predicted molar refractivity (Wildman–Crippen MR) is 101 cm³/mol. The molecule has 138 valence electrons. The number of hydrogen-bond donors (Lipinski definition) is 1. The minimum atomic E-state index is -0.0852. The van der Waals surface area contributed by atoms with Crippen molar-refractivity contribution in [1.82, 2.24) is 10.2 Å². The molecule has 25 heavy (non-hydrogen) atoms. The number of nitrogens with one attached hydrogen (secondary N) is 1. The highest BCUT2D eigenvalue weighted by Crippen LogP contribution is 2.26. The highest BCUT2D eigenvalue weighted by Gasteiger charge is 2.29. The van der Waals surface area contributed by atoms with Crippen LogP contribution in [0.3, 0.4) is 0 Å². The van der Waals surface area contributed by atoms with Crippen LogP contribution in [0.4, 0.5) is 0 Å². The van der Waals surface area contributed by atoms with Crippen LogP contribution < -0.4 is 10.1 Å². The summed E-state index contributed by atoms with van der Waals surface area (Å²) in [7, 11) is 0. The largest absolute Gasteiger partial charge is 0.494 e. The smallest absolute Gasteiger partial charge is 0.237 e. The molecular weight excluding hydrogens is 312 g/mol. The van der Waals surface area contributed by atoms with Gasteiger partial charge < -0.3 is 10.1 Å². The van der Waals surface area contributed by atoms with Crippen molar-refractivity contribution in [2.45, 2.75) is 71.5 Å². The van der Waals surface area contributed by atoms with Crippen LogP contribution in [0.25, 0.3) is 0 Å². The van der Waals surface area contributed by atoms with Crippen molar-refractivity contribution in [3.05, 3.63) is 29.3 Å². The van der Waals surface area contributed by atoms with Crippen LogP contribution in [0, 0.1) is 5.92 Å². The Morgan fingerprint density at radius 1 is 1.32 bits per heavy atom. The molecule has 3 rings (SSSR count). The van der Waals surface area contributed by atoms with Gasteiger partial charge in [0, 0.05) is 19.1 Å². The Morgan fingerprint density at radius 2 is 2.12 bits per heavy atom. The standard InChI is InChI=1S/C21H32N2O2/c1-4-25-19-10-9-17-11-12-23(14-18(17)13-19)16(3)21(24)22-20-8-6-5-7-15(20)2/h9-10,13,15-16,20H,4-8,11-12,14H2,1-3H3,(H,22,24)/t15-,16+,20+/m0/s1. The second kappa shape index (κ2) is 8.22. The highest BCUT2D eigenvalue weighted by atomic mass is 16.5. The van der Waals surface area contributed by atoms with Gasteiger partial charge in [-0.25, -0.2) is 0 Å². The maximum atomic E-state index is 12.8. The number of benzene rings is 1. The van der Waals surface area contributed by atoms with Gasteiger partial charge in [0.2, 0.25) is 5.91 Å². The Hall–Kier alpha value is -1.55. The summed E-state index contributed by atoms with van der Waals surface area (Å²) in [4.78, 5) is 15.1. The SMILES string of the molecule is CCOc1ccc2c(c1)CN([C@H](C)C(=O)N[C@@H]1CCCC[C@@H]1C)CC2. The van der Waals surface area contributed by atoms with E-state index >= 15 is 0 Å². The topological polar surface area (TPSA) is 41.6 Å². The van der Waals surface area contributed by atoms with E-state index in [2.05, 4.69) is 35.3 Å². The number of amides is 1. The number of nitrogens with zero attached hydrogens (tertiary/aromatic N) is 1. The molecule has 0 aromatic heterocycles. The lowest BCUT2D eigenvalue weighted by atomic mass is 9.86. The van der Waals surface area contributed by atoms with E-state index in [9.17, 15) is 4.79 Å². The summed E-state index contributed by atoms with van der Waals surface area (Å²) in [6.45, 7) is 8.76. The van der Waals surface area contributed by atoms with Crippen LogP contribution in [0.2, 0.25) is 0 Å². The zero-order chi connectivity index (χ0) is 17.8. The Labute approximate surface area is 151 Å². The third-order valence-electron chi connectivity index (χ3n) is 5.90. The number of fused-ring (bicyclic) bond motifs is 1. The molecular formula is C21H32N2O2. The lowest BCUT2D eigenvalue weighted by Crippen LogP contribution is -2.51. The number of ether oxygens (including phenoxy) is 1. The number of rotatable bonds is 5. The van der Waals surface area contributed by atoms with E-state index in [0.29, 0.717) is 18.6 Å². The lowest BCUT2D eigenvalue weighted by molar-refractivity contribution is -0.127. The monoisotopic (exact) mass is 344 g/mol. The molecule has 0 spiro atoms. The first-order chi connectivity index (χ1) is 12.1. The minimum absolute atomic E-state index is 0.0852. The summed E-state index contributed by atoms with van der Waals surface area (Å²) in [5.41, 5.74) is 2.68. The van der Waals surface area contributed by atoms with Crippen LogP contribution in [0.1, 0.15) is 57.6 Å². The minimum Gasteiger partial charge on any atom is -0.494 e. The van der Waals surface area contributed by atoms with E-state index in [0.717, 1.165) is 31.7 Å². The summed E-state index contributed by atoms with van der Waals surface area (Å²) >= 11 is 0. The zero-order valence-electron chi connectivity index (χ0n) is 15.9.